The summed E-state index contributed by atoms with van der Waals surface area (Å²) in [4.78, 5) is 14.8. The van der Waals surface area contributed by atoms with Crippen molar-refractivity contribution >= 4 is 5.91 Å². The Morgan fingerprint density at radius 2 is 2.12 bits per heavy atom. The lowest BCUT2D eigenvalue weighted by Gasteiger charge is -2.24. The van der Waals surface area contributed by atoms with Crippen molar-refractivity contribution in [1.82, 2.24) is 19.8 Å². The van der Waals surface area contributed by atoms with Crippen LogP contribution in [-0.4, -0.2) is 32.3 Å². The Morgan fingerprint density at radius 3 is 2.88 bits per heavy atom. The summed E-state index contributed by atoms with van der Waals surface area (Å²) in [6.45, 7) is 3.47. The van der Waals surface area contributed by atoms with E-state index in [1.54, 1.807) is 24.4 Å². The maximum absolute atomic E-state index is 13.1. The third-order valence-corrected chi connectivity index (χ3v) is 4.76. The van der Waals surface area contributed by atoms with Gasteiger partial charge in [0.1, 0.15) is 5.82 Å². The average molecular weight is 354 g/mol. The number of likely N-dealkylation sites (tertiary alicyclic amines) is 1. The predicted molar refractivity (Wildman–Crippen MR) is 92.8 cm³/mol. The molecule has 1 atom stereocenters. The van der Waals surface area contributed by atoms with Crippen LogP contribution in [0.5, 0.6) is 0 Å². The Labute approximate surface area is 150 Å². The van der Waals surface area contributed by atoms with Crippen molar-refractivity contribution in [2.24, 2.45) is 0 Å². The number of nitrogens with zero attached hydrogens (tertiary/aromatic N) is 4. The molecule has 1 aromatic carbocycles. The highest BCUT2D eigenvalue weighted by atomic mass is 19.1. The Morgan fingerprint density at radius 1 is 1.31 bits per heavy atom. The maximum Gasteiger partial charge on any atom is 0.276 e. The summed E-state index contributed by atoms with van der Waals surface area (Å²) in [5, 5.41) is 8.25. The summed E-state index contributed by atoms with van der Waals surface area (Å²) in [7, 11) is 0. The summed E-state index contributed by atoms with van der Waals surface area (Å²) in [6, 6.07) is 9.47. The van der Waals surface area contributed by atoms with Crippen LogP contribution in [0.3, 0.4) is 0 Å². The van der Waals surface area contributed by atoms with Gasteiger partial charge in [-0.3, -0.25) is 9.48 Å². The summed E-state index contributed by atoms with van der Waals surface area (Å²) in [5.41, 5.74) is 1.99. The number of aryl methyl sites for hydroxylation is 1. The molecule has 3 aromatic rings. The SMILES string of the molecule is CCn1nccc1C1CCCN1C(=O)c1cc(-c2ccc(F)cc2)on1. The van der Waals surface area contributed by atoms with Gasteiger partial charge in [-0.2, -0.15) is 5.10 Å². The largest absolute Gasteiger partial charge is 0.355 e. The second-order valence-corrected chi connectivity index (χ2v) is 6.31. The first-order chi connectivity index (χ1) is 12.7. The number of carbonyl (C=O) groups is 1. The number of halogens is 1. The molecule has 1 saturated heterocycles. The molecule has 2 aromatic heterocycles. The lowest BCUT2D eigenvalue weighted by atomic mass is 10.1. The molecule has 1 aliphatic heterocycles. The Balaban J connectivity index is 1.58. The molecular weight excluding hydrogens is 335 g/mol. The van der Waals surface area contributed by atoms with Gasteiger partial charge < -0.3 is 9.42 Å². The minimum Gasteiger partial charge on any atom is -0.355 e. The zero-order valence-electron chi connectivity index (χ0n) is 14.4. The summed E-state index contributed by atoms with van der Waals surface area (Å²) in [6.07, 6.45) is 3.61. The molecule has 134 valence electrons. The average Bonchev–Trinajstić information content (AvgIpc) is 3.40. The fraction of sp³-hybridized carbons (Fsp3) is 0.316. The molecule has 0 aliphatic carbocycles. The first kappa shape index (κ1) is 16.5. The number of rotatable bonds is 4. The smallest absolute Gasteiger partial charge is 0.276 e. The van der Waals surface area contributed by atoms with E-state index < -0.39 is 0 Å². The topological polar surface area (TPSA) is 64.2 Å². The number of hydrogen-bond donors (Lipinski definition) is 0. The van der Waals surface area contributed by atoms with E-state index in [1.165, 1.54) is 12.1 Å². The first-order valence-corrected chi connectivity index (χ1v) is 8.72. The van der Waals surface area contributed by atoms with Crippen molar-refractivity contribution in [3.05, 3.63) is 59.8 Å². The van der Waals surface area contributed by atoms with Crippen molar-refractivity contribution in [2.45, 2.75) is 32.4 Å². The van der Waals surface area contributed by atoms with Gasteiger partial charge in [-0.15, -0.1) is 0 Å². The zero-order valence-corrected chi connectivity index (χ0v) is 14.4. The van der Waals surface area contributed by atoms with E-state index in [0.717, 1.165) is 25.1 Å². The van der Waals surface area contributed by atoms with Gasteiger partial charge in [0, 0.05) is 30.9 Å². The molecule has 1 amide bonds. The van der Waals surface area contributed by atoms with Gasteiger partial charge in [0.25, 0.3) is 5.91 Å². The van der Waals surface area contributed by atoms with Crippen LogP contribution in [0.15, 0.2) is 47.1 Å². The molecule has 1 unspecified atom stereocenters. The van der Waals surface area contributed by atoms with Gasteiger partial charge in [-0.05, 0) is 50.1 Å². The standard InChI is InChI=1S/C19H19FN4O2/c1-2-24-17(9-10-21-24)16-4-3-11-23(16)19(25)15-12-18(26-22-15)13-5-7-14(20)8-6-13/h5-10,12,16H,2-4,11H2,1H3. The molecular formula is C19H19FN4O2. The second kappa shape index (κ2) is 6.74. The zero-order chi connectivity index (χ0) is 18.1. The fourth-order valence-corrected chi connectivity index (χ4v) is 3.48. The highest BCUT2D eigenvalue weighted by Gasteiger charge is 2.33. The molecule has 4 rings (SSSR count). The molecule has 0 radical (unpaired) electrons. The van der Waals surface area contributed by atoms with Crippen LogP contribution in [-0.2, 0) is 6.54 Å². The van der Waals surface area contributed by atoms with Crippen LogP contribution in [0.1, 0.15) is 42.0 Å². The Hall–Kier alpha value is -2.96. The number of carbonyl (C=O) groups excluding carboxylic acids is 1. The van der Waals surface area contributed by atoms with Crippen molar-refractivity contribution in [2.75, 3.05) is 6.54 Å². The van der Waals surface area contributed by atoms with Crippen LogP contribution >= 0.6 is 0 Å². The highest BCUT2D eigenvalue weighted by Crippen LogP contribution is 2.33. The van der Waals surface area contributed by atoms with Gasteiger partial charge in [0.15, 0.2) is 11.5 Å². The van der Waals surface area contributed by atoms with E-state index in [1.807, 2.05) is 22.6 Å². The van der Waals surface area contributed by atoms with Crippen LogP contribution < -0.4 is 0 Å². The lowest BCUT2D eigenvalue weighted by Crippen LogP contribution is -2.32. The molecule has 0 N–H and O–H groups in total. The second-order valence-electron chi connectivity index (χ2n) is 6.31. The van der Waals surface area contributed by atoms with E-state index in [9.17, 15) is 9.18 Å². The molecule has 3 heterocycles. The normalized spacial score (nSPS) is 17.0. The molecule has 1 aliphatic rings. The molecule has 0 bridgehead atoms. The minimum absolute atomic E-state index is 0.00378. The van der Waals surface area contributed by atoms with E-state index in [2.05, 4.69) is 10.3 Å². The first-order valence-electron chi connectivity index (χ1n) is 8.72. The monoisotopic (exact) mass is 354 g/mol. The quantitative estimate of drug-likeness (QED) is 0.717. The van der Waals surface area contributed by atoms with Gasteiger partial charge in [-0.1, -0.05) is 5.16 Å². The summed E-state index contributed by atoms with van der Waals surface area (Å²) < 4.78 is 20.3. The number of hydrogen-bond acceptors (Lipinski definition) is 4. The predicted octanol–water partition coefficient (Wildman–Crippen LogP) is 3.67. The van der Waals surface area contributed by atoms with Gasteiger partial charge >= 0.3 is 0 Å². The molecule has 6 nitrogen and oxygen atoms in total. The maximum atomic E-state index is 13.1. The Bertz CT molecular complexity index is 916. The van der Waals surface area contributed by atoms with E-state index in [0.29, 0.717) is 17.9 Å². The third kappa shape index (κ3) is 2.89. The summed E-state index contributed by atoms with van der Waals surface area (Å²) in [5.74, 6) is -0.0341. The van der Waals surface area contributed by atoms with Crippen molar-refractivity contribution in [3.8, 4) is 11.3 Å². The highest BCUT2D eigenvalue weighted by molar-refractivity contribution is 5.93. The fourth-order valence-electron chi connectivity index (χ4n) is 3.48. The molecule has 26 heavy (non-hydrogen) atoms. The summed E-state index contributed by atoms with van der Waals surface area (Å²) >= 11 is 0. The van der Waals surface area contributed by atoms with E-state index >= 15 is 0 Å². The van der Waals surface area contributed by atoms with Gasteiger partial charge in [0.05, 0.1) is 11.7 Å². The van der Waals surface area contributed by atoms with Crippen LogP contribution in [0.4, 0.5) is 4.39 Å². The molecule has 1 fully saturated rings. The van der Waals surface area contributed by atoms with Crippen molar-refractivity contribution < 1.29 is 13.7 Å². The van der Waals surface area contributed by atoms with Crippen molar-refractivity contribution in [3.63, 3.8) is 0 Å². The van der Waals surface area contributed by atoms with Gasteiger partial charge in [-0.25, -0.2) is 4.39 Å². The third-order valence-electron chi connectivity index (χ3n) is 4.76. The molecule has 7 heteroatoms. The van der Waals surface area contributed by atoms with E-state index in [4.69, 9.17) is 4.52 Å². The molecule has 0 spiro atoms. The minimum atomic E-state index is -0.322. The number of amides is 1. The Kier molecular flexibility index (Phi) is 4.28. The molecule has 0 saturated carbocycles. The van der Waals surface area contributed by atoms with Crippen molar-refractivity contribution in [1.29, 1.82) is 0 Å². The van der Waals surface area contributed by atoms with E-state index in [-0.39, 0.29) is 23.5 Å². The van der Waals surface area contributed by atoms with Gasteiger partial charge in [0.2, 0.25) is 0 Å². The number of aromatic nitrogens is 3. The van der Waals surface area contributed by atoms with Crippen LogP contribution in [0, 0.1) is 5.82 Å². The lowest BCUT2D eigenvalue weighted by molar-refractivity contribution is 0.0719. The van der Waals surface area contributed by atoms with Crippen LogP contribution in [0.2, 0.25) is 0 Å². The van der Waals surface area contributed by atoms with Crippen LogP contribution in [0.25, 0.3) is 11.3 Å². The number of benzene rings is 1.